The minimum atomic E-state index is -0.156. The number of oxazole rings is 1. The van der Waals surface area contributed by atoms with E-state index in [1.54, 1.807) is 17.5 Å². The van der Waals surface area contributed by atoms with Crippen molar-refractivity contribution in [1.29, 1.82) is 0 Å². The molecule has 0 spiro atoms. The second kappa shape index (κ2) is 8.41. The molecule has 4 aromatic rings. The lowest BCUT2D eigenvalue weighted by Crippen LogP contribution is -2.11. The lowest BCUT2D eigenvalue weighted by atomic mass is 10.1. The molecule has 0 atom stereocenters. The molecule has 0 aliphatic rings. The van der Waals surface area contributed by atoms with Gasteiger partial charge in [-0.15, -0.1) is 11.3 Å². The molecule has 0 aliphatic carbocycles. The first-order valence-corrected chi connectivity index (χ1v) is 10.8. The van der Waals surface area contributed by atoms with Crippen LogP contribution in [-0.2, 0) is 6.61 Å². The summed E-state index contributed by atoms with van der Waals surface area (Å²) in [5.74, 6) is 1.99. The topological polar surface area (TPSA) is 96.1 Å². The van der Waals surface area contributed by atoms with Crippen molar-refractivity contribution in [3.63, 3.8) is 0 Å². The Morgan fingerprint density at radius 3 is 2.67 bits per heavy atom. The summed E-state index contributed by atoms with van der Waals surface area (Å²) < 4.78 is 7.12. The third-order valence-electron chi connectivity index (χ3n) is 4.58. The first-order chi connectivity index (χ1) is 14.4. The molecule has 4 rings (SSSR count). The number of benzene rings is 1. The van der Waals surface area contributed by atoms with Crippen molar-refractivity contribution in [2.45, 2.75) is 46.3 Å². The number of fused-ring (bicyclic) bond motifs is 1. The number of hydrogen-bond acceptors (Lipinski definition) is 8. The van der Waals surface area contributed by atoms with Crippen LogP contribution in [0.25, 0.3) is 21.7 Å². The van der Waals surface area contributed by atoms with Crippen molar-refractivity contribution in [3.8, 4) is 11.5 Å². The fourth-order valence-corrected chi connectivity index (χ4v) is 3.96. The van der Waals surface area contributed by atoms with Crippen LogP contribution < -0.4 is 10.6 Å². The van der Waals surface area contributed by atoms with Gasteiger partial charge in [0.1, 0.15) is 17.3 Å². The van der Waals surface area contributed by atoms with Crippen LogP contribution in [0.4, 0.5) is 17.2 Å². The quantitative estimate of drug-likeness (QED) is 0.360. The van der Waals surface area contributed by atoms with Gasteiger partial charge < -0.3 is 20.2 Å². The summed E-state index contributed by atoms with van der Waals surface area (Å²) in [5.41, 5.74) is 5.96. The van der Waals surface area contributed by atoms with Crippen molar-refractivity contribution in [3.05, 3.63) is 47.4 Å². The van der Waals surface area contributed by atoms with Gasteiger partial charge in [0.15, 0.2) is 0 Å². The van der Waals surface area contributed by atoms with Gasteiger partial charge in [-0.05, 0) is 32.0 Å². The molecule has 3 heterocycles. The summed E-state index contributed by atoms with van der Waals surface area (Å²) in [6.07, 6.45) is 1.75. The van der Waals surface area contributed by atoms with Crippen LogP contribution in [0.1, 0.15) is 45.1 Å². The number of anilines is 3. The van der Waals surface area contributed by atoms with Crippen LogP contribution >= 0.6 is 11.3 Å². The number of aliphatic hydroxyl groups excluding tert-OH is 1. The van der Waals surface area contributed by atoms with Crippen LogP contribution in [0.5, 0.6) is 0 Å². The zero-order valence-electron chi connectivity index (χ0n) is 17.4. The number of pyridine rings is 1. The molecule has 1 aromatic carbocycles. The number of aromatic nitrogens is 3. The summed E-state index contributed by atoms with van der Waals surface area (Å²) in [7, 11) is 0. The van der Waals surface area contributed by atoms with Gasteiger partial charge in [0, 0.05) is 29.9 Å². The maximum absolute atomic E-state index is 9.64. The Hall–Kier alpha value is -2.97. The average Bonchev–Trinajstić information content (AvgIpc) is 3.34. The molecule has 0 amide bonds. The van der Waals surface area contributed by atoms with Gasteiger partial charge in [-0.25, -0.2) is 15.0 Å². The molecule has 156 valence electrons. The molecule has 0 unspecified atom stereocenters. The molecule has 0 aliphatic heterocycles. The Labute approximate surface area is 179 Å². The minimum absolute atomic E-state index is 0.130. The highest BCUT2D eigenvalue weighted by Gasteiger charge is 2.20. The van der Waals surface area contributed by atoms with Gasteiger partial charge in [-0.3, -0.25) is 0 Å². The lowest BCUT2D eigenvalue weighted by Gasteiger charge is -2.15. The maximum atomic E-state index is 9.64. The fourth-order valence-electron chi connectivity index (χ4n) is 3.25. The van der Waals surface area contributed by atoms with Gasteiger partial charge in [-0.1, -0.05) is 13.8 Å². The molecule has 3 aromatic heterocycles. The molecule has 7 nitrogen and oxygen atoms in total. The Balaban J connectivity index is 1.70. The van der Waals surface area contributed by atoms with E-state index in [-0.39, 0.29) is 18.6 Å². The van der Waals surface area contributed by atoms with Crippen molar-refractivity contribution in [2.24, 2.45) is 0 Å². The highest BCUT2D eigenvalue weighted by Crippen LogP contribution is 2.34. The molecule has 8 heteroatoms. The van der Waals surface area contributed by atoms with E-state index in [9.17, 15) is 5.11 Å². The summed E-state index contributed by atoms with van der Waals surface area (Å²) in [6, 6.07) is 8.21. The first kappa shape index (κ1) is 20.3. The molecule has 0 saturated heterocycles. The van der Waals surface area contributed by atoms with E-state index in [4.69, 9.17) is 4.42 Å². The highest BCUT2D eigenvalue weighted by molar-refractivity contribution is 7.16. The smallest absolute Gasteiger partial charge is 0.230 e. The molecule has 0 radical (unpaired) electrons. The summed E-state index contributed by atoms with van der Waals surface area (Å²) in [5, 5.41) is 16.5. The van der Waals surface area contributed by atoms with Crippen LogP contribution in [0.3, 0.4) is 0 Å². The van der Waals surface area contributed by atoms with E-state index in [0.29, 0.717) is 23.2 Å². The molecular weight excluding hydrogens is 398 g/mol. The van der Waals surface area contributed by atoms with E-state index in [2.05, 4.69) is 45.5 Å². The zero-order chi connectivity index (χ0) is 21.3. The van der Waals surface area contributed by atoms with Crippen LogP contribution in [0.2, 0.25) is 0 Å². The molecular formula is C22H25N5O2S. The number of rotatable bonds is 7. The van der Waals surface area contributed by atoms with E-state index in [0.717, 1.165) is 27.2 Å². The van der Waals surface area contributed by atoms with Crippen LogP contribution in [-0.4, -0.2) is 26.1 Å². The Morgan fingerprint density at radius 1 is 1.13 bits per heavy atom. The summed E-state index contributed by atoms with van der Waals surface area (Å²) in [4.78, 5) is 13.4. The first-order valence-electron chi connectivity index (χ1n) is 9.92. The molecule has 0 saturated carbocycles. The average molecular weight is 424 g/mol. The maximum Gasteiger partial charge on any atom is 0.230 e. The number of nitrogens with zero attached hydrogens (tertiary/aromatic N) is 3. The predicted octanol–water partition coefficient (Wildman–Crippen LogP) is 5.53. The number of hydrogen-bond donors (Lipinski definition) is 3. The van der Waals surface area contributed by atoms with Crippen LogP contribution in [0, 0.1) is 0 Å². The molecule has 0 fully saturated rings. The molecule has 3 N–H and O–H groups in total. The molecule has 0 bridgehead atoms. The lowest BCUT2D eigenvalue weighted by molar-refractivity contribution is 0.273. The SMILES string of the molecule is CC(C)Nc1cc(Nc2ccc3ncsc3c2)ncc1-c1nc(CO)c(C(C)C)o1. The Bertz CT molecular complexity index is 1170. The van der Waals surface area contributed by atoms with Crippen molar-refractivity contribution >= 4 is 38.7 Å². The fraction of sp³-hybridized carbons (Fsp3) is 0.318. The monoisotopic (exact) mass is 423 g/mol. The third kappa shape index (κ3) is 4.15. The largest absolute Gasteiger partial charge is 0.440 e. The highest BCUT2D eigenvalue weighted by atomic mass is 32.1. The Kier molecular flexibility index (Phi) is 5.69. The number of aliphatic hydroxyl groups is 1. The van der Waals surface area contributed by atoms with Crippen molar-refractivity contribution < 1.29 is 9.52 Å². The van der Waals surface area contributed by atoms with Gasteiger partial charge in [0.05, 0.1) is 33.6 Å². The summed E-state index contributed by atoms with van der Waals surface area (Å²) in [6.45, 7) is 8.02. The van der Waals surface area contributed by atoms with Gasteiger partial charge in [0.2, 0.25) is 5.89 Å². The Morgan fingerprint density at radius 2 is 1.97 bits per heavy atom. The van der Waals surface area contributed by atoms with Gasteiger partial charge in [0.25, 0.3) is 0 Å². The second-order valence-corrected chi connectivity index (χ2v) is 8.60. The van der Waals surface area contributed by atoms with Gasteiger partial charge >= 0.3 is 0 Å². The van der Waals surface area contributed by atoms with E-state index < -0.39 is 0 Å². The van der Waals surface area contributed by atoms with Crippen molar-refractivity contribution in [1.82, 2.24) is 15.0 Å². The standard InChI is InChI=1S/C22H25N5O2S/c1-12(2)21-18(10-28)27-22(29-21)15-9-23-20(8-17(15)25-13(3)4)26-14-5-6-16-19(7-14)30-11-24-16/h5-9,11-13,28H,10H2,1-4H3,(H2,23,25,26). The minimum Gasteiger partial charge on any atom is -0.440 e. The predicted molar refractivity (Wildman–Crippen MR) is 121 cm³/mol. The second-order valence-electron chi connectivity index (χ2n) is 7.72. The third-order valence-corrected chi connectivity index (χ3v) is 5.38. The normalized spacial score (nSPS) is 11.6. The van der Waals surface area contributed by atoms with Gasteiger partial charge in [-0.2, -0.15) is 0 Å². The van der Waals surface area contributed by atoms with Crippen molar-refractivity contribution in [2.75, 3.05) is 10.6 Å². The number of thiazole rings is 1. The zero-order valence-corrected chi connectivity index (χ0v) is 18.2. The van der Waals surface area contributed by atoms with E-state index >= 15 is 0 Å². The van der Waals surface area contributed by atoms with Crippen LogP contribution in [0.15, 0.2) is 40.4 Å². The number of nitrogens with one attached hydrogen (secondary N) is 2. The van der Waals surface area contributed by atoms with E-state index in [1.807, 2.05) is 37.6 Å². The van der Waals surface area contributed by atoms with E-state index in [1.165, 1.54) is 0 Å². The summed E-state index contributed by atoms with van der Waals surface area (Å²) >= 11 is 1.61. The molecule has 30 heavy (non-hydrogen) atoms.